The number of anilines is 1. The molecule has 1 unspecified atom stereocenters. The second-order valence-electron chi connectivity index (χ2n) is 11.4. The van der Waals surface area contributed by atoms with Gasteiger partial charge in [0.25, 0.3) is 0 Å². The number of benzene rings is 2. The first-order valence-electron chi connectivity index (χ1n) is 12.8. The number of hydrogen-bond donors (Lipinski definition) is 3. The van der Waals surface area contributed by atoms with Gasteiger partial charge in [0.1, 0.15) is 5.92 Å². The topological polar surface area (TPSA) is 99.1 Å². The Kier molecular flexibility index (Phi) is 4.68. The molecule has 2 bridgehead atoms. The van der Waals surface area contributed by atoms with Crippen LogP contribution in [0.2, 0.25) is 5.02 Å². The van der Waals surface area contributed by atoms with Gasteiger partial charge in [0.15, 0.2) is 23.4 Å². The van der Waals surface area contributed by atoms with Crippen LogP contribution in [0.25, 0.3) is 0 Å². The lowest BCUT2D eigenvalue weighted by Crippen LogP contribution is -2.78. The van der Waals surface area contributed by atoms with Crippen molar-refractivity contribution in [1.29, 1.82) is 0 Å². The number of halogens is 1. The van der Waals surface area contributed by atoms with Gasteiger partial charge < -0.3 is 20.3 Å². The van der Waals surface area contributed by atoms with Crippen LogP contribution in [-0.2, 0) is 21.4 Å². The van der Waals surface area contributed by atoms with Crippen molar-refractivity contribution in [1.82, 2.24) is 4.90 Å². The van der Waals surface area contributed by atoms with Crippen molar-refractivity contribution < 1.29 is 24.5 Å². The quantitative estimate of drug-likeness (QED) is 0.548. The highest BCUT2D eigenvalue weighted by atomic mass is 35.5. The number of hydrogen-bond acceptors (Lipinski definition) is 6. The summed E-state index contributed by atoms with van der Waals surface area (Å²) in [6.07, 6.45) is 2.59. The van der Waals surface area contributed by atoms with E-state index in [0.29, 0.717) is 35.2 Å². The van der Waals surface area contributed by atoms with E-state index < -0.39 is 28.9 Å². The minimum absolute atomic E-state index is 0.0238. The first-order chi connectivity index (χ1) is 17.2. The standard InChI is InChI=1S/C28H29ClN2O5/c1-14-10-17(29)5-6-19(14)30-26(34)18-12-28(35)21-11-16-4-7-20(32)24-22(16)27(28,25(36-24)23(18)33)8-9-31(21)13-15-2-3-15/h4-7,10,15,18,21,25,32,35H,2-3,8-9,11-13H2,1H3,(H,30,34)/t18?,21-,25+,27+,28-/m1/s1. The molecule has 2 saturated carbocycles. The fourth-order valence-electron chi connectivity index (χ4n) is 7.51. The molecule has 1 spiro atoms. The van der Waals surface area contributed by atoms with Crippen LogP contribution in [0.5, 0.6) is 11.5 Å². The summed E-state index contributed by atoms with van der Waals surface area (Å²) < 4.78 is 6.21. The SMILES string of the molecule is Cc1cc(Cl)ccc1NC(=O)C1C[C@@]2(O)[C@H]3Cc4ccc(O)c5c4[C@@]2(CCN3CC2CC2)[C@@H](O5)C1=O. The maximum atomic E-state index is 13.9. The number of ketones is 1. The van der Waals surface area contributed by atoms with Crippen molar-refractivity contribution in [2.24, 2.45) is 11.8 Å². The first kappa shape index (κ1) is 22.6. The Labute approximate surface area is 214 Å². The molecular weight excluding hydrogens is 480 g/mol. The highest BCUT2D eigenvalue weighted by Gasteiger charge is 2.75. The Morgan fingerprint density at radius 3 is 2.83 bits per heavy atom. The number of Topliss-reactive ketones (excluding diaryl/α,β-unsaturated/α-hetero) is 1. The van der Waals surface area contributed by atoms with E-state index in [9.17, 15) is 19.8 Å². The van der Waals surface area contributed by atoms with E-state index in [0.717, 1.165) is 29.8 Å². The van der Waals surface area contributed by atoms with Crippen molar-refractivity contribution in [3.63, 3.8) is 0 Å². The smallest absolute Gasteiger partial charge is 0.235 e. The monoisotopic (exact) mass is 508 g/mol. The van der Waals surface area contributed by atoms with Gasteiger partial charge in [-0.05, 0) is 86.9 Å². The summed E-state index contributed by atoms with van der Waals surface area (Å²) in [4.78, 5) is 29.9. The number of amides is 1. The molecule has 2 heterocycles. The largest absolute Gasteiger partial charge is 0.504 e. The molecule has 2 aromatic carbocycles. The number of rotatable bonds is 4. The predicted molar refractivity (Wildman–Crippen MR) is 133 cm³/mol. The number of phenolic OH excluding ortho intramolecular Hbond substituents is 1. The van der Waals surface area contributed by atoms with Gasteiger partial charge in [-0.3, -0.25) is 14.5 Å². The molecule has 8 heteroatoms. The molecule has 5 atom stereocenters. The molecule has 1 saturated heterocycles. The number of aromatic hydroxyl groups is 1. The lowest BCUT2D eigenvalue weighted by atomic mass is 9.47. The lowest BCUT2D eigenvalue weighted by Gasteiger charge is -2.63. The van der Waals surface area contributed by atoms with Crippen LogP contribution in [0.15, 0.2) is 30.3 Å². The fourth-order valence-corrected chi connectivity index (χ4v) is 7.74. The molecule has 3 N–H and O–H groups in total. The molecule has 188 valence electrons. The summed E-state index contributed by atoms with van der Waals surface area (Å²) in [6, 6.07) is 8.47. The Morgan fingerprint density at radius 2 is 2.08 bits per heavy atom. The van der Waals surface area contributed by atoms with E-state index in [2.05, 4.69) is 10.2 Å². The van der Waals surface area contributed by atoms with Gasteiger partial charge in [0.2, 0.25) is 5.91 Å². The number of piperidine rings is 1. The third-order valence-corrected chi connectivity index (χ3v) is 9.63. The number of aryl methyl sites for hydroxylation is 1. The van der Waals surface area contributed by atoms with Crippen LogP contribution in [0.1, 0.15) is 42.4 Å². The van der Waals surface area contributed by atoms with Gasteiger partial charge in [-0.25, -0.2) is 0 Å². The molecule has 7 nitrogen and oxygen atoms in total. The molecule has 2 aliphatic heterocycles. The highest BCUT2D eigenvalue weighted by Crippen LogP contribution is 2.65. The second-order valence-corrected chi connectivity index (χ2v) is 11.8. The number of carbonyl (C=O) groups excluding carboxylic acids is 2. The summed E-state index contributed by atoms with van der Waals surface area (Å²) in [5, 5.41) is 26.8. The number of ether oxygens (including phenoxy) is 1. The Balaban J connectivity index is 1.31. The third kappa shape index (κ3) is 2.88. The maximum Gasteiger partial charge on any atom is 0.235 e. The minimum atomic E-state index is -1.33. The molecule has 7 rings (SSSR count). The fraction of sp³-hybridized carbons (Fsp3) is 0.500. The van der Waals surface area contributed by atoms with Gasteiger partial charge in [0.05, 0.1) is 11.0 Å². The number of aliphatic hydroxyl groups is 1. The Bertz CT molecular complexity index is 1330. The third-order valence-electron chi connectivity index (χ3n) is 9.39. The van der Waals surface area contributed by atoms with Crippen LogP contribution in [-0.4, -0.2) is 57.6 Å². The first-order valence-corrected chi connectivity index (χ1v) is 13.2. The van der Waals surface area contributed by atoms with Crippen molar-refractivity contribution in [3.8, 4) is 11.5 Å². The Hall–Kier alpha value is -2.61. The summed E-state index contributed by atoms with van der Waals surface area (Å²) in [6.45, 7) is 3.52. The van der Waals surface area contributed by atoms with Crippen molar-refractivity contribution >= 4 is 29.0 Å². The van der Waals surface area contributed by atoms with Crippen LogP contribution in [0, 0.1) is 18.8 Å². The molecule has 0 aromatic heterocycles. The van der Waals surface area contributed by atoms with Crippen LogP contribution in [0.4, 0.5) is 5.69 Å². The average molecular weight is 509 g/mol. The molecule has 5 aliphatic rings. The minimum Gasteiger partial charge on any atom is -0.504 e. The Morgan fingerprint density at radius 1 is 1.28 bits per heavy atom. The number of phenols is 1. The van der Waals surface area contributed by atoms with Crippen LogP contribution in [0.3, 0.4) is 0 Å². The summed E-state index contributed by atoms with van der Waals surface area (Å²) in [5.41, 5.74) is 0.884. The van der Waals surface area contributed by atoms with Crippen LogP contribution >= 0.6 is 11.6 Å². The predicted octanol–water partition coefficient (Wildman–Crippen LogP) is 3.35. The van der Waals surface area contributed by atoms with Crippen molar-refractivity contribution in [3.05, 3.63) is 52.0 Å². The van der Waals surface area contributed by atoms with Gasteiger partial charge in [-0.1, -0.05) is 17.7 Å². The molecule has 3 fully saturated rings. The van der Waals surface area contributed by atoms with Gasteiger partial charge in [-0.15, -0.1) is 0 Å². The zero-order valence-electron chi connectivity index (χ0n) is 20.1. The normalized spacial score (nSPS) is 34.2. The summed E-state index contributed by atoms with van der Waals surface area (Å²) in [5.74, 6) is -0.925. The van der Waals surface area contributed by atoms with Crippen LogP contribution < -0.4 is 10.1 Å². The molecule has 1 amide bonds. The van der Waals surface area contributed by atoms with E-state index in [-0.39, 0.29) is 24.0 Å². The molecule has 36 heavy (non-hydrogen) atoms. The molecule has 0 radical (unpaired) electrons. The molecule has 2 aromatic rings. The number of carbonyl (C=O) groups is 2. The summed E-state index contributed by atoms with van der Waals surface area (Å²) >= 11 is 6.07. The number of nitrogens with one attached hydrogen (secondary N) is 1. The van der Waals surface area contributed by atoms with Gasteiger partial charge in [-0.2, -0.15) is 0 Å². The zero-order chi connectivity index (χ0) is 25.0. The highest BCUT2D eigenvalue weighted by molar-refractivity contribution is 6.30. The zero-order valence-corrected chi connectivity index (χ0v) is 20.8. The molecule has 3 aliphatic carbocycles. The second kappa shape index (κ2) is 7.46. The maximum absolute atomic E-state index is 13.9. The lowest BCUT2D eigenvalue weighted by molar-refractivity contribution is -0.197. The van der Waals surface area contributed by atoms with Gasteiger partial charge >= 0.3 is 0 Å². The van der Waals surface area contributed by atoms with E-state index in [1.165, 1.54) is 12.8 Å². The van der Waals surface area contributed by atoms with Crippen molar-refractivity contribution in [2.45, 2.75) is 62.2 Å². The van der Waals surface area contributed by atoms with E-state index in [4.69, 9.17) is 16.3 Å². The average Bonchev–Trinajstić information content (AvgIpc) is 3.58. The molecular formula is C28H29ClN2O5. The number of likely N-dealkylation sites (tertiary alicyclic amines) is 1. The van der Waals surface area contributed by atoms with E-state index in [1.807, 2.05) is 13.0 Å². The van der Waals surface area contributed by atoms with Gasteiger partial charge in [0, 0.05) is 28.9 Å². The number of nitrogens with zero attached hydrogens (tertiary/aromatic N) is 1. The van der Waals surface area contributed by atoms with E-state index >= 15 is 0 Å². The van der Waals surface area contributed by atoms with E-state index in [1.54, 1.807) is 24.3 Å². The summed E-state index contributed by atoms with van der Waals surface area (Å²) in [7, 11) is 0. The van der Waals surface area contributed by atoms with Crippen molar-refractivity contribution in [2.75, 3.05) is 18.4 Å².